The Bertz CT molecular complexity index is 359. The molecule has 1 aromatic heterocycles. The number of carbonyl (C=O) groups is 2. The second-order valence-electron chi connectivity index (χ2n) is 3.06. The van der Waals surface area contributed by atoms with Crippen LogP contribution in [-0.2, 0) is 4.79 Å². The molecule has 80 valence electrons. The van der Waals surface area contributed by atoms with Crippen LogP contribution in [0.2, 0.25) is 0 Å². The largest absolute Gasteiger partial charge is 0.481 e. The molecule has 0 saturated carbocycles. The molecule has 1 heterocycles. The number of Topliss-reactive ketones (excluding diaryl/α,β-unsaturated/α-hetero) is 1. The van der Waals surface area contributed by atoms with Gasteiger partial charge in [0.05, 0.1) is 6.42 Å². The predicted molar refractivity (Wildman–Crippen MR) is 55.0 cm³/mol. The van der Waals surface area contributed by atoms with E-state index in [0.29, 0.717) is 17.9 Å². The standard InChI is InChI=1S/C10H12N2O3/c1-7(13)8-2-3-9(12-6-8)11-5-4-10(14)15/h2-3,6H,4-5H2,1H3,(H,11,12)(H,14,15). The highest BCUT2D eigenvalue weighted by molar-refractivity contribution is 5.93. The van der Waals surface area contributed by atoms with Crippen LogP contribution in [0.1, 0.15) is 23.7 Å². The second kappa shape index (κ2) is 5.09. The number of nitrogens with zero attached hydrogens (tertiary/aromatic N) is 1. The molecule has 2 N–H and O–H groups in total. The van der Waals surface area contributed by atoms with Crippen molar-refractivity contribution in [3.05, 3.63) is 23.9 Å². The number of hydrogen-bond donors (Lipinski definition) is 2. The maximum Gasteiger partial charge on any atom is 0.305 e. The zero-order chi connectivity index (χ0) is 11.3. The SMILES string of the molecule is CC(=O)c1ccc(NCCC(=O)O)nc1. The van der Waals surface area contributed by atoms with Crippen LogP contribution in [-0.4, -0.2) is 28.4 Å². The number of nitrogens with one attached hydrogen (secondary N) is 1. The Kier molecular flexibility index (Phi) is 3.79. The number of rotatable bonds is 5. The smallest absolute Gasteiger partial charge is 0.305 e. The molecular formula is C10H12N2O3. The normalized spacial score (nSPS) is 9.67. The van der Waals surface area contributed by atoms with Gasteiger partial charge in [-0.1, -0.05) is 0 Å². The van der Waals surface area contributed by atoms with Gasteiger partial charge in [0.2, 0.25) is 0 Å². The molecule has 0 amide bonds. The molecule has 0 radical (unpaired) electrons. The molecule has 0 aliphatic rings. The molecular weight excluding hydrogens is 196 g/mol. The van der Waals surface area contributed by atoms with E-state index in [1.165, 1.54) is 13.1 Å². The van der Waals surface area contributed by atoms with Gasteiger partial charge in [-0.05, 0) is 19.1 Å². The average molecular weight is 208 g/mol. The quantitative estimate of drug-likeness (QED) is 0.710. The fourth-order valence-corrected chi connectivity index (χ4v) is 1.00. The molecule has 0 fully saturated rings. The average Bonchev–Trinajstić information content (AvgIpc) is 2.18. The van der Waals surface area contributed by atoms with E-state index in [0.717, 1.165) is 0 Å². The van der Waals surface area contributed by atoms with Gasteiger partial charge in [-0.15, -0.1) is 0 Å². The lowest BCUT2D eigenvalue weighted by Gasteiger charge is -2.03. The van der Waals surface area contributed by atoms with E-state index in [-0.39, 0.29) is 12.2 Å². The van der Waals surface area contributed by atoms with Gasteiger partial charge >= 0.3 is 5.97 Å². The van der Waals surface area contributed by atoms with E-state index in [9.17, 15) is 9.59 Å². The molecule has 0 aliphatic heterocycles. The van der Waals surface area contributed by atoms with Gasteiger partial charge in [-0.25, -0.2) is 4.98 Å². The molecule has 15 heavy (non-hydrogen) atoms. The van der Waals surface area contributed by atoms with Crippen LogP contribution in [0.3, 0.4) is 0 Å². The maximum atomic E-state index is 10.9. The van der Waals surface area contributed by atoms with E-state index < -0.39 is 5.97 Å². The molecule has 1 aromatic rings. The minimum Gasteiger partial charge on any atom is -0.481 e. The van der Waals surface area contributed by atoms with E-state index in [4.69, 9.17) is 5.11 Å². The van der Waals surface area contributed by atoms with Gasteiger partial charge in [0.15, 0.2) is 5.78 Å². The van der Waals surface area contributed by atoms with Crippen LogP contribution < -0.4 is 5.32 Å². The first-order chi connectivity index (χ1) is 7.09. The van der Waals surface area contributed by atoms with Crippen LogP contribution in [0, 0.1) is 0 Å². The summed E-state index contributed by atoms with van der Waals surface area (Å²) in [5.74, 6) is -0.330. The predicted octanol–water partition coefficient (Wildman–Crippen LogP) is 1.17. The Morgan fingerprint density at radius 1 is 1.47 bits per heavy atom. The molecule has 0 spiro atoms. The number of hydrogen-bond acceptors (Lipinski definition) is 4. The summed E-state index contributed by atoms with van der Waals surface area (Å²) in [6.45, 7) is 1.79. The lowest BCUT2D eigenvalue weighted by atomic mass is 10.2. The lowest BCUT2D eigenvalue weighted by molar-refractivity contribution is -0.136. The molecule has 5 nitrogen and oxygen atoms in total. The van der Waals surface area contributed by atoms with Crippen LogP contribution >= 0.6 is 0 Å². The Hall–Kier alpha value is -1.91. The summed E-state index contributed by atoms with van der Waals surface area (Å²) in [6, 6.07) is 3.30. The van der Waals surface area contributed by atoms with E-state index >= 15 is 0 Å². The molecule has 0 atom stereocenters. The number of ketones is 1. The molecule has 0 aromatic carbocycles. The summed E-state index contributed by atoms with van der Waals surface area (Å²) in [5, 5.41) is 11.2. The summed E-state index contributed by atoms with van der Waals surface area (Å²) >= 11 is 0. The highest BCUT2D eigenvalue weighted by Crippen LogP contribution is 2.05. The van der Waals surface area contributed by atoms with Crippen molar-refractivity contribution < 1.29 is 14.7 Å². The molecule has 0 unspecified atom stereocenters. The summed E-state index contributed by atoms with van der Waals surface area (Å²) < 4.78 is 0. The third-order valence-corrected chi connectivity index (χ3v) is 1.81. The number of pyridine rings is 1. The Morgan fingerprint density at radius 3 is 2.67 bits per heavy atom. The highest BCUT2D eigenvalue weighted by atomic mass is 16.4. The first-order valence-electron chi connectivity index (χ1n) is 4.52. The number of carboxylic acids is 1. The van der Waals surface area contributed by atoms with Gasteiger partial charge in [0.1, 0.15) is 5.82 Å². The number of carboxylic acid groups (broad SMARTS) is 1. The summed E-state index contributed by atoms with van der Waals surface area (Å²) in [7, 11) is 0. The van der Waals surface area contributed by atoms with Gasteiger partial charge in [0, 0.05) is 18.3 Å². The van der Waals surface area contributed by atoms with Crippen LogP contribution in [0.4, 0.5) is 5.82 Å². The van der Waals surface area contributed by atoms with Crippen molar-refractivity contribution in [2.45, 2.75) is 13.3 Å². The van der Waals surface area contributed by atoms with Crippen molar-refractivity contribution in [1.29, 1.82) is 0 Å². The van der Waals surface area contributed by atoms with Crippen LogP contribution in [0.25, 0.3) is 0 Å². The Labute approximate surface area is 87.1 Å². The number of carbonyl (C=O) groups excluding carboxylic acids is 1. The topological polar surface area (TPSA) is 79.3 Å². The Morgan fingerprint density at radius 2 is 2.20 bits per heavy atom. The van der Waals surface area contributed by atoms with Crippen molar-refractivity contribution in [3.8, 4) is 0 Å². The van der Waals surface area contributed by atoms with Crippen molar-refractivity contribution >= 4 is 17.6 Å². The van der Waals surface area contributed by atoms with Gasteiger partial charge in [0.25, 0.3) is 0 Å². The number of aliphatic carboxylic acids is 1. The first-order valence-corrected chi connectivity index (χ1v) is 4.52. The van der Waals surface area contributed by atoms with Gasteiger partial charge in [-0.2, -0.15) is 0 Å². The monoisotopic (exact) mass is 208 g/mol. The maximum absolute atomic E-state index is 10.9. The van der Waals surface area contributed by atoms with Crippen molar-refractivity contribution in [1.82, 2.24) is 4.98 Å². The first kappa shape index (κ1) is 11.2. The number of anilines is 1. The van der Waals surface area contributed by atoms with Gasteiger partial charge in [-0.3, -0.25) is 9.59 Å². The minimum absolute atomic E-state index is 0.0378. The van der Waals surface area contributed by atoms with Crippen molar-refractivity contribution in [2.75, 3.05) is 11.9 Å². The third kappa shape index (κ3) is 3.76. The van der Waals surface area contributed by atoms with Crippen LogP contribution in [0.5, 0.6) is 0 Å². The molecule has 5 heteroatoms. The van der Waals surface area contributed by atoms with Crippen LogP contribution in [0.15, 0.2) is 18.3 Å². The highest BCUT2D eigenvalue weighted by Gasteiger charge is 2.00. The molecule has 0 bridgehead atoms. The summed E-state index contributed by atoms with van der Waals surface area (Å²) in [4.78, 5) is 25.1. The van der Waals surface area contributed by atoms with Crippen molar-refractivity contribution in [2.24, 2.45) is 0 Å². The third-order valence-electron chi connectivity index (χ3n) is 1.81. The fraction of sp³-hybridized carbons (Fsp3) is 0.300. The van der Waals surface area contributed by atoms with E-state index in [1.54, 1.807) is 12.1 Å². The molecule has 0 saturated heterocycles. The second-order valence-corrected chi connectivity index (χ2v) is 3.06. The van der Waals surface area contributed by atoms with E-state index in [1.807, 2.05) is 0 Å². The molecule has 0 aliphatic carbocycles. The van der Waals surface area contributed by atoms with E-state index in [2.05, 4.69) is 10.3 Å². The zero-order valence-corrected chi connectivity index (χ0v) is 8.36. The summed E-state index contributed by atoms with van der Waals surface area (Å²) in [6.07, 6.45) is 1.50. The Balaban J connectivity index is 2.50. The zero-order valence-electron chi connectivity index (χ0n) is 8.36. The van der Waals surface area contributed by atoms with Gasteiger partial charge < -0.3 is 10.4 Å². The lowest BCUT2D eigenvalue weighted by Crippen LogP contribution is -2.08. The number of aromatic nitrogens is 1. The fourth-order valence-electron chi connectivity index (χ4n) is 1.00. The van der Waals surface area contributed by atoms with Crippen molar-refractivity contribution in [3.63, 3.8) is 0 Å². The summed E-state index contributed by atoms with van der Waals surface area (Å²) in [5.41, 5.74) is 0.541. The minimum atomic E-state index is -0.858. The molecule has 1 rings (SSSR count).